The molecule has 0 atom stereocenters. The maximum atomic E-state index is 12.7. The van der Waals surface area contributed by atoms with Gasteiger partial charge < -0.3 is 4.57 Å². The van der Waals surface area contributed by atoms with Gasteiger partial charge in [-0.3, -0.25) is 14.3 Å². The van der Waals surface area contributed by atoms with Crippen LogP contribution in [0.25, 0.3) is 11.2 Å². The fourth-order valence-electron chi connectivity index (χ4n) is 4.01. The number of hydrogen-bond donors (Lipinski definition) is 2. The standard InChI is InChI=1S/C25H36N6O2/c1-4-6-7-8-9-10-14-18-31-21-22(30(3)25(33)27-23(21)32)26-24(31)29-28-20(15-5-2)19-16-12-11-13-17-19/h11-13,16-17H,4-10,14-15,18H2,1-3H3,(H,26,29)(H,27,32,33)/b28-20-. The number of imidazole rings is 1. The largest absolute Gasteiger partial charge is 0.329 e. The number of hydrogen-bond acceptors (Lipinski definition) is 5. The SMILES string of the molecule is CCCCCCCCCn1c(N/N=C(/CCC)c2ccccc2)nc2c1c(=O)[nH]c(=O)n2C. The Kier molecular flexibility index (Phi) is 9.04. The second kappa shape index (κ2) is 12.2. The molecule has 0 radical (unpaired) electrons. The molecule has 1 aromatic carbocycles. The smallest absolute Gasteiger partial charge is 0.303 e. The number of nitrogens with zero attached hydrogens (tertiary/aromatic N) is 4. The van der Waals surface area contributed by atoms with Gasteiger partial charge >= 0.3 is 5.69 Å². The summed E-state index contributed by atoms with van der Waals surface area (Å²) in [6.45, 7) is 4.97. The Morgan fingerprint density at radius 2 is 1.70 bits per heavy atom. The van der Waals surface area contributed by atoms with E-state index in [-0.39, 0.29) is 0 Å². The molecule has 2 heterocycles. The molecule has 8 heteroatoms. The summed E-state index contributed by atoms with van der Waals surface area (Å²) in [5.74, 6) is 0.479. The highest BCUT2D eigenvalue weighted by Crippen LogP contribution is 2.18. The van der Waals surface area contributed by atoms with E-state index in [1.807, 2.05) is 34.9 Å². The highest BCUT2D eigenvalue weighted by Gasteiger charge is 2.17. The first kappa shape index (κ1) is 24.5. The Labute approximate surface area is 194 Å². The van der Waals surface area contributed by atoms with Crippen LogP contribution >= 0.6 is 0 Å². The molecule has 0 aliphatic heterocycles. The number of anilines is 1. The lowest BCUT2D eigenvalue weighted by Gasteiger charge is -2.10. The molecule has 3 rings (SSSR count). The molecule has 2 aromatic heterocycles. The van der Waals surface area contributed by atoms with Crippen molar-refractivity contribution in [2.45, 2.75) is 78.2 Å². The van der Waals surface area contributed by atoms with Crippen LogP contribution in [0.3, 0.4) is 0 Å². The Balaban J connectivity index is 1.88. The summed E-state index contributed by atoms with van der Waals surface area (Å²) in [4.78, 5) is 31.8. The Bertz CT molecular complexity index is 1170. The quantitative estimate of drug-likeness (QED) is 0.221. The zero-order chi connectivity index (χ0) is 23.6. The summed E-state index contributed by atoms with van der Waals surface area (Å²) in [7, 11) is 1.62. The van der Waals surface area contributed by atoms with E-state index in [2.05, 4.69) is 34.3 Å². The molecule has 0 fully saturated rings. The van der Waals surface area contributed by atoms with Crippen LogP contribution < -0.4 is 16.7 Å². The highest BCUT2D eigenvalue weighted by atomic mass is 16.2. The minimum atomic E-state index is -0.473. The molecule has 0 unspecified atom stereocenters. The van der Waals surface area contributed by atoms with Gasteiger partial charge in [0, 0.05) is 13.6 Å². The summed E-state index contributed by atoms with van der Waals surface area (Å²) >= 11 is 0. The Morgan fingerprint density at radius 3 is 2.39 bits per heavy atom. The van der Waals surface area contributed by atoms with Crippen LogP contribution in [-0.4, -0.2) is 24.8 Å². The maximum Gasteiger partial charge on any atom is 0.329 e. The van der Waals surface area contributed by atoms with Crippen molar-refractivity contribution in [1.82, 2.24) is 19.1 Å². The third-order valence-corrected chi connectivity index (χ3v) is 5.88. The molecule has 0 aliphatic carbocycles. The van der Waals surface area contributed by atoms with E-state index in [1.165, 1.54) is 36.7 Å². The number of aromatic amines is 1. The number of rotatable bonds is 13. The van der Waals surface area contributed by atoms with Gasteiger partial charge in [0.15, 0.2) is 11.2 Å². The molecule has 3 aromatic rings. The third kappa shape index (κ3) is 6.21. The summed E-state index contributed by atoms with van der Waals surface area (Å²) in [6, 6.07) is 10.0. The second-order valence-electron chi connectivity index (χ2n) is 8.49. The van der Waals surface area contributed by atoms with Crippen LogP contribution in [-0.2, 0) is 13.6 Å². The van der Waals surface area contributed by atoms with E-state index in [4.69, 9.17) is 0 Å². The van der Waals surface area contributed by atoms with Crippen LogP contribution in [0.1, 0.15) is 77.2 Å². The first-order chi connectivity index (χ1) is 16.1. The molecule has 0 spiro atoms. The van der Waals surface area contributed by atoms with Gasteiger partial charge in [-0.1, -0.05) is 89.1 Å². The first-order valence-electron chi connectivity index (χ1n) is 12.1. The summed E-state index contributed by atoms with van der Waals surface area (Å²) in [6.07, 6.45) is 9.99. The maximum absolute atomic E-state index is 12.7. The van der Waals surface area contributed by atoms with Gasteiger partial charge in [0.05, 0.1) is 5.71 Å². The van der Waals surface area contributed by atoms with E-state index >= 15 is 0 Å². The van der Waals surface area contributed by atoms with Crippen LogP contribution in [0.4, 0.5) is 5.95 Å². The normalized spacial score (nSPS) is 11.9. The van der Waals surface area contributed by atoms with Crippen molar-refractivity contribution in [2.75, 3.05) is 5.43 Å². The predicted molar refractivity (Wildman–Crippen MR) is 135 cm³/mol. The molecule has 0 saturated heterocycles. The summed E-state index contributed by atoms with van der Waals surface area (Å²) < 4.78 is 3.23. The number of H-pyrrole nitrogens is 1. The molecule has 2 N–H and O–H groups in total. The number of hydrazone groups is 1. The number of unbranched alkanes of at least 4 members (excludes halogenated alkanes) is 6. The van der Waals surface area contributed by atoms with Crippen molar-refractivity contribution >= 4 is 22.8 Å². The lowest BCUT2D eigenvalue weighted by Crippen LogP contribution is -2.29. The van der Waals surface area contributed by atoms with Crippen molar-refractivity contribution in [3.05, 3.63) is 56.7 Å². The van der Waals surface area contributed by atoms with Gasteiger partial charge in [-0.25, -0.2) is 10.2 Å². The van der Waals surface area contributed by atoms with E-state index in [0.717, 1.165) is 37.0 Å². The molecular formula is C25H36N6O2. The van der Waals surface area contributed by atoms with E-state index < -0.39 is 11.2 Å². The van der Waals surface area contributed by atoms with Gasteiger partial charge in [-0.15, -0.1) is 0 Å². The lowest BCUT2D eigenvalue weighted by molar-refractivity contribution is 0.556. The minimum absolute atomic E-state index is 0.362. The van der Waals surface area contributed by atoms with Gasteiger partial charge in [0.1, 0.15) is 0 Å². The van der Waals surface area contributed by atoms with Gasteiger partial charge in [-0.05, 0) is 18.4 Å². The van der Waals surface area contributed by atoms with Crippen LogP contribution in [0.2, 0.25) is 0 Å². The van der Waals surface area contributed by atoms with Crippen LogP contribution in [0.15, 0.2) is 45.0 Å². The molecule has 0 aliphatic rings. The zero-order valence-electron chi connectivity index (χ0n) is 20.1. The second-order valence-corrected chi connectivity index (χ2v) is 8.49. The van der Waals surface area contributed by atoms with Crippen LogP contribution in [0.5, 0.6) is 0 Å². The predicted octanol–water partition coefficient (Wildman–Crippen LogP) is 4.79. The van der Waals surface area contributed by atoms with Crippen molar-refractivity contribution < 1.29 is 0 Å². The van der Waals surface area contributed by atoms with E-state index in [1.54, 1.807) is 7.05 Å². The van der Waals surface area contributed by atoms with Crippen molar-refractivity contribution in [3.63, 3.8) is 0 Å². The number of aromatic nitrogens is 4. The summed E-state index contributed by atoms with van der Waals surface area (Å²) in [5.41, 5.74) is 4.95. The molecular weight excluding hydrogens is 416 g/mol. The first-order valence-corrected chi connectivity index (χ1v) is 12.1. The van der Waals surface area contributed by atoms with Gasteiger partial charge in [0.2, 0.25) is 5.95 Å². The van der Waals surface area contributed by atoms with Crippen molar-refractivity contribution in [3.8, 4) is 0 Å². The van der Waals surface area contributed by atoms with Crippen molar-refractivity contribution in [1.29, 1.82) is 0 Å². The Morgan fingerprint density at radius 1 is 1.00 bits per heavy atom. The number of benzene rings is 1. The fourth-order valence-corrected chi connectivity index (χ4v) is 4.01. The monoisotopic (exact) mass is 452 g/mol. The molecule has 0 saturated carbocycles. The van der Waals surface area contributed by atoms with Crippen molar-refractivity contribution in [2.24, 2.45) is 12.1 Å². The lowest BCUT2D eigenvalue weighted by atomic mass is 10.1. The summed E-state index contributed by atoms with van der Waals surface area (Å²) in [5, 5.41) is 4.65. The van der Waals surface area contributed by atoms with Gasteiger partial charge in [0.25, 0.3) is 5.56 Å². The molecule has 8 nitrogen and oxygen atoms in total. The molecule has 33 heavy (non-hydrogen) atoms. The number of fused-ring (bicyclic) bond motifs is 1. The highest BCUT2D eigenvalue weighted by molar-refractivity contribution is 6.00. The number of aryl methyl sites for hydroxylation is 2. The van der Waals surface area contributed by atoms with E-state index in [0.29, 0.717) is 23.7 Å². The van der Waals surface area contributed by atoms with Crippen LogP contribution in [0, 0.1) is 0 Å². The topological polar surface area (TPSA) is 97.1 Å². The van der Waals surface area contributed by atoms with Gasteiger partial charge in [-0.2, -0.15) is 10.1 Å². The fraction of sp³-hybridized carbons (Fsp3) is 0.520. The minimum Gasteiger partial charge on any atom is -0.303 e. The zero-order valence-corrected chi connectivity index (χ0v) is 20.1. The molecule has 0 amide bonds. The molecule has 0 bridgehead atoms. The number of nitrogens with one attached hydrogen (secondary N) is 2. The molecule has 178 valence electrons. The average Bonchev–Trinajstić information content (AvgIpc) is 3.19. The third-order valence-electron chi connectivity index (χ3n) is 5.88. The Hall–Kier alpha value is -3.16. The average molecular weight is 453 g/mol. The van der Waals surface area contributed by atoms with E-state index in [9.17, 15) is 9.59 Å².